The van der Waals surface area contributed by atoms with Crippen LogP contribution in [0.4, 0.5) is 45.5 Å². The molecule has 3 heterocycles. The molecule has 8 aromatic rings. The maximum atomic E-state index is 5.15. The van der Waals surface area contributed by atoms with Crippen molar-refractivity contribution in [2.45, 2.75) is 60.4 Å². The Morgan fingerprint density at radius 1 is 0.338 bits per heavy atom. The number of nitrogens with zero attached hydrogens (tertiary/aromatic N) is 10. The first-order valence-electron chi connectivity index (χ1n) is 26.1. The number of guanidine groups is 3. The summed E-state index contributed by atoms with van der Waals surface area (Å²) in [6.07, 6.45) is 7.72. The van der Waals surface area contributed by atoms with Gasteiger partial charge in [0.15, 0.2) is 17.5 Å². The van der Waals surface area contributed by atoms with Crippen LogP contribution in [0.1, 0.15) is 64.8 Å². The number of amidine groups is 3. The second-order valence-electron chi connectivity index (χ2n) is 20.5. The van der Waals surface area contributed by atoms with Gasteiger partial charge in [-0.15, -0.1) is 0 Å². The second kappa shape index (κ2) is 20.0. The zero-order valence-corrected chi connectivity index (χ0v) is 44.4. The van der Waals surface area contributed by atoms with E-state index in [2.05, 4.69) is 276 Å². The van der Waals surface area contributed by atoms with Crippen LogP contribution in [0.3, 0.4) is 0 Å². The van der Waals surface area contributed by atoms with Crippen LogP contribution in [0.2, 0.25) is 0 Å². The Hall–Kier alpha value is -9.54. The second-order valence-corrected chi connectivity index (χ2v) is 20.5. The van der Waals surface area contributed by atoms with Crippen LogP contribution in [-0.4, -0.2) is 45.8 Å². The summed E-state index contributed by atoms with van der Waals surface area (Å²) in [5.74, 6) is 2.60. The van der Waals surface area contributed by atoms with E-state index in [1.165, 1.54) is 33.4 Å². The summed E-state index contributed by atoms with van der Waals surface area (Å²) in [5.41, 5.74) is 17.9. The van der Waals surface area contributed by atoms with Gasteiger partial charge in [-0.1, -0.05) is 112 Å². The third-order valence-corrected chi connectivity index (χ3v) is 14.5. The fourth-order valence-corrected chi connectivity index (χ4v) is 10.0. The van der Waals surface area contributed by atoms with Crippen molar-refractivity contribution < 1.29 is 0 Å². The van der Waals surface area contributed by atoms with Gasteiger partial charge in [0.25, 0.3) is 0 Å². The van der Waals surface area contributed by atoms with Crippen molar-refractivity contribution in [1.82, 2.24) is 4.90 Å². The summed E-state index contributed by atoms with van der Waals surface area (Å²) in [4.78, 5) is 39.5. The summed E-state index contributed by atoms with van der Waals surface area (Å²) in [6, 6.07) is 68.4. The first-order chi connectivity index (χ1) is 37.4. The fourth-order valence-electron chi connectivity index (χ4n) is 10.0. The van der Waals surface area contributed by atoms with Crippen LogP contribution in [-0.2, 0) is 0 Å². The molecule has 10 nitrogen and oxygen atoms in total. The molecule has 376 valence electrons. The molecule has 8 aromatic carbocycles. The van der Waals surface area contributed by atoms with Crippen molar-refractivity contribution in [3.05, 3.63) is 262 Å². The lowest BCUT2D eigenvalue weighted by Crippen LogP contribution is -2.48. The van der Waals surface area contributed by atoms with Crippen LogP contribution in [0.15, 0.2) is 248 Å². The first kappa shape index (κ1) is 48.4. The minimum atomic E-state index is -0.287. The van der Waals surface area contributed by atoms with E-state index in [1.807, 2.05) is 0 Å². The van der Waals surface area contributed by atoms with Crippen LogP contribution in [0, 0.1) is 34.6 Å². The number of hydrogen-bond acceptors (Lipinski definition) is 10. The fraction of sp³-hybridized carbons (Fsp3) is 0.134. The van der Waals surface area contributed by atoms with E-state index < -0.39 is 0 Å². The van der Waals surface area contributed by atoms with Gasteiger partial charge in [0.1, 0.15) is 0 Å². The summed E-state index contributed by atoms with van der Waals surface area (Å²) in [7, 11) is 0. The Morgan fingerprint density at radius 2 is 0.597 bits per heavy atom. The molecule has 0 N–H and O–H groups in total. The maximum absolute atomic E-state index is 5.15. The average Bonchev–Trinajstić information content (AvgIpc) is 3.45. The van der Waals surface area contributed by atoms with Gasteiger partial charge in [0, 0.05) is 62.2 Å². The van der Waals surface area contributed by atoms with Crippen molar-refractivity contribution >= 4 is 80.9 Å². The number of hydrogen-bond donors (Lipinski definition) is 0. The van der Waals surface area contributed by atoms with E-state index in [0.717, 1.165) is 68.6 Å². The molecule has 1 unspecified atom stereocenters. The molecule has 0 saturated heterocycles. The minimum absolute atomic E-state index is 0.287. The van der Waals surface area contributed by atoms with Crippen molar-refractivity contribution in [2.24, 2.45) is 30.0 Å². The average molecular weight is 1000 g/mol. The minimum Gasteiger partial charge on any atom is -0.332 e. The molecule has 0 bridgehead atoms. The normalized spacial score (nSPS) is 16.5. The maximum Gasteiger partial charge on any atom is 0.243 e. The molecule has 0 spiro atoms. The van der Waals surface area contributed by atoms with E-state index in [0.29, 0.717) is 35.4 Å². The molecule has 12 rings (SSSR count). The largest absolute Gasteiger partial charge is 0.332 e. The Kier molecular flexibility index (Phi) is 12.5. The van der Waals surface area contributed by atoms with Gasteiger partial charge >= 0.3 is 0 Å². The Morgan fingerprint density at radius 3 is 0.870 bits per heavy atom. The molecule has 4 aliphatic rings. The highest BCUT2D eigenvalue weighted by Crippen LogP contribution is 2.40. The highest BCUT2D eigenvalue weighted by molar-refractivity contribution is 6.34. The van der Waals surface area contributed by atoms with Crippen LogP contribution in [0.25, 0.3) is 0 Å². The van der Waals surface area contributed by atoms with E-state index in [9.17, 15) is 0 Å². The van der Waals surface area contributed by atoms with Gasteiger partial charge in [0.05, 0.1) is 5.54 Å². The molecule has 0 radical (unpaired) electrons. The first-order valence-corrected chi connectivity index (χ1v) is 26.1. The molecule has 10 heteroatoms. The third-order valence-electron chi connectivity index (χ3n) is 14.5. The Bertz CT molecular complexity index is 3560. The predicted octanol–water partition coefficient (Wildman–Crippen LogP) is 16.0. The van der Waals surface area contributed by atoms with Gasteiger partial charge in [-0.3, -0.25) is 0 Å². The van der Waals surface area contributed by atoms with Crippen molar-refractivity contribution in [3.63, 3.8) is 0 Å². The molecule has 0 amide bonds. The third kappa shape index (κ3) is 9.73. The number of aryl methyl sites for hydroxylation is 5. The lowest BCUT2D eigenvalue weighted by atomic mass is 9.87. The smallest absolute Gasteiger partial charge is 0.243 e. The highest BCUT2D eigenvalue weighted by Gasteiger charge is 2.37. The lowest BCUT2D eigenvalue weighted by Gasteiger charge is -2.42. The van der Waals surface area contributed by atoms with Crippen LogP contribution < -0.4 is 14.7 Å². The molecule has 77 heavy (non-hydrogen) atoms. The summed E-state index contributed by atoms with van der Waals surface area (Å²) in [6.45, 7) is 15.0. The molecule has 1 atom stereocenters. The zero-order chi connectivity index (χ0) is 52.8. The Balaban J connectivity index is 0.936. The standard InChI is InChI=1S/C67H58N10/c1-44-8-24-53(25-9-44)74(54-26-10-45(2)11-27-54)57-34-18-50(19-35-57)61-68-64-69-62(51-20-36-58(37-21-51)75(55-28-12-46(3)13-29-55)56-30-14-47(4)15-31-56)71-66-73-63(72-65(70-61)76(64)66)52-22-38-60(39-23-52)77(59-32-16-48(5)17-33-59)67(7)42-40-49(6)41-43-67/h8-42H,43H2,1-7H3. The van der Waals surface area contributed by atoms with E-state index >= 15 is 0 Å². The molecular weight excluding hydrogens is 945 g/mol. The van der Waals surface area contributed by atoms with Gasteiger partial charge in [-0.25, -0.2) is 4.90 Å². The lowest BCUT2D eigenvalue weighted by molar-refractivity contribution is 0.567. The molecule has 0 aromatic heterocycles. The van der Waals surface area contributed by atoms with Gasteiger partial charge in [0.2, 0.25) is 17.9 Å². The molecule has 3 aliphatic heterocycles. The number of aliphatic imine (C=N–C) groups is 6. The topological polar surface area (TPSA) is 87.1 Å². The SMILES string of the molecule is CC1=CCC(C)(N(c2ccc(C)cc2)c2ccc(C3=NC4=NC(c5ccc(N(c6ccc(C)cc6)c6ccc(C)cc6)cc5)=NC5=NC(c6ccc(N(c7ccc(C)cc7)c7ccc(C)cc7)cc6)=NC(=N3)N54)cc2)C=C1. The Labute approximate surface area is 451 Å². The van der Waals surface area contributed by atoms with Crippen LogP contribution in [0.5, 0.6) is 0 Å². The van der Waals surface area contributed by atoms with Crippen molar-refractivity contribution in [2.75, 3.05) is 14.7 Å². The summed E-state index contributed by atoms with van der Waals surface area (Å²) < 4.78 is 0. The van der Waals surface area contributed by atoms with Crippen molar-refractivity contribution in [3.8, 4) is 0 Å². The zero-order valence-electron chi connectivity index (χ0n) is 44.4. The van der Waals surface area contributed by atoms with E-state index in [-0.39, 0.29) is 5.54 Å². The molecule has 1 aliphatic carbocycles. The highest BCUT2D eigenvalue weighted by atomic mass is 15.5. The molecule has 0 saturated carbocycles. The van der Waals surface area contributed by atoms with Gasteiger partial charge in [-0.2, -0.15) is 30.0 Å². The quantitative estimate of drug-likeness (QED) is 0.122. The number of anilines is 8. The number of benzene rings is 8. The van der Waals surface area contributed by atoms with Gasteiger partial charge in [-0.05, 0) is 188 Å². The van der Waals surface area contributed by atoms with Crippen molar-refractivity contribution in [1.29, 1.82) is 0 Å². The molecular formula is C67H58N10. The van der Waals surface area contributed by atoms with E-state index in [1.54, 1.807) is 4.90 Å². The van der Waals surface area contributed by atoms with Crippen LogP contribution >= 0.6 is 0 Å². The van der Waals surface area contributed by atoms with Gasteiger partial charge < -0.3 is 14.7 Å². The van der Waals surface area contributed by atoms with E-state index in [4.69, 9.17) is 30.0 Å². The number of rotatable bonds is 12. The summed E-state index contributed by atoms with van der Waals surface area (Å²) >= 11 is 0. The summed E-state index contributed by atoms with van der Waals surface area (Å²) in [5, 5.41) is 0. The monoisotopic (exact) mass is 1000 g/mol. The molecule has 0 fully saturated rings. The predicted molar refractivity (Wildman–Crippen MR) is 321 cm³/mol. The number of allylic oxidation sites excluding steroid dienone is 2.